The zero-order chi connectivity index (χ0) is 8.97. The van der Waals surface area contributed by atoms with Crippen LogP contribution in [0.5, 0.6) is 0 Å². The number of hydrogen-bond donors (Lipinski definition) is 1. The van der Waals surface area contributed by atoms with Gasteiger partial charge in [0.15, 0.2) is 0 Å². The molecule has 1 aliphatic carbocycles. The minimum absolute atomic E-state index is 0. The Kier molecular flexibility index (Phi) is 6.54. The van der Waals surface area contributed by atoms with Crippen molar-refractivity contribution in [3.05, 3.63) is 0 Å². The van der Waals surface area contributed by atoms with Crippen LogP contribution in [0.2, 0.25) is 0 Å². The second-order valence-electron chi connectivity index (χ2n) is 4.00. The molecular formula is C10H20LiNO. The third-order valence-corrected chi connectivity index (χ3v) is 2.41. The first-order valence-corrected chi connectivity index (χ1v) is 5.00. The van der Waals surface area contributed by atoms with Gasteiger partial charge in [0.25, 0.3) is 0 Å². The average Bonchev–Trinajstić information content (AvgIpc) is 2.05. The van der Waals surface area contributed by atoms with Crippen LogP contribution in [0.1, 0.15) is 47.4 Å². The van der Waals surface area contributed by atoms with Crippen LogP contribution < -0.4 is 24.2 Å². The number of nitrogens with one attached hydrogen (secondary N) is 1. The fourth-order valence-corrected chi connectivity index (χ4v) is 1.77. The molecule has 1 N–H and O–H groups in total. The molecule has 72 valence electrons. The van der Waals surface area contributed by atoms with E-state index in [1.807, 2.05) is 13.8 Å². The van der Waals surface area contributed by atoms with Crippen LogP contribution in [0.4, 0.5) is 0 Å². The topological polar surface area (TPSA) is 29.1 Å². The number of amides is 1. The molecule has 1 rings (SSSR count). The fourth-order valence-electron chi connectivity index (χ4n) is 1.77. The summed E-state index contributed by atoms with van der Waals surface area (Å²) in [5, 5.41) is 2.97. The zero-order valence-corrected chi connectivity index (χ0v) is 9.10. The summed E-state index contributed by atoms with van der Waals surface area (Å²) in [5.74, 6) is 0.575. The summed E-state index contributed by atoms with van der Waals surface area (Å²) in [6, 6.07) is 0.291. The third kappa shape index (κ3) is 4.74. The van der Waals surface area contributed by atoms with Crippen molar-refractivity contribution in [2.24, 2.45) is 5.92 Å². The largest absolute Gasteiger partial charge is 1.00 e. The first-order chi connectivity index (χ1) is 5.70. The van der Waals surface area contributed by atoms with Gasteiger partial charge in [-0.3, -0.25) is 4.79 Å². The monoisotopic (exact) mass is 177 g/mol. The van der Waals surface area contributed by atoms with Crippen molar-refractivity contribution in [3.8, 4) is 0 Å². The SMILES string of the molecule is CC(C)NC(=O)C1CCCCC1.[H-].[Li+]. The summed E-state index contributed by atoms with van der Waals surface area (Å²) in [5.41, 5.74) is 0. The minimum atomic E-state index is 0. The van der Waals surface area contributed by atoms with E-state index in [1.165, 1.54) is 19.3 Å². The number of rotatable bonds is 2. The van der Waals surface area contributed by atoms with Crippen LogP contribution in [0.15, 0.2) is 0 Å². The number of carbonyl (C=O) groups is 1. The number of hydrogen-bond acceptors (Lipinski definition) is 1. The molecule has 3 heteroatoms. The van der Waals surface area contributed by atoms with Crippen molar-refractivity contribution in [1.82, 2.24) is 5.32 Å². The molecule has 0 aromatic carbocycles. The Morgan fingerprint density at radius 2 is 1.85 bits per heavy atom. The molecule has 1 amide bonds. The Morgan fingerprint density at radius 1 is 1.31 bits per heavy atom. The molecule has 0 saturated heterocycles. The molecule has 0 radical (unpaired) electrons. The van der Waals surface area contributed by atoms with Gasteiger partial charge in [-0.25, -0.2) is 0 Å². The van der Waals surface area contributed by atoms with E-state index >= 15 is 0 Å². The van der Waals surface area contributed by atoms with Crippen LogP contribution in [0.25, 0.3) is 0 Å². The van der Waals surface area contributed by atoms with Gasteiger partial charge in [-0.2, -0.15) is 0 Å². The van der Waals surface area contributed by atoms with Gasteiger partial charge in [-0.15, -0.1) is 0 Å². The van der Waals surface area contributed by atoms with Crippen molar-refractivity contribution in [1.29, 1.82) is 0 Å². The van der Waals surface area contributed by atoms with Crippen molar-refractivity contribution < 1.29 is 25.1 Å². The van der Waals surface area contributed by atoms with E-state index in [0.717, 1.165) is 12.8 Å². The van der Waals surface area contributed by atoms with E-state index in [2.05, 4.69) is 5.32 Å². The summed E-state index contributed by atoms with van der Waals surface area (Å²) in [7, 11) is 0. The fraction of sp³-hybridized carbons (Fsp3) is 0.900. The molecule has 0 spiro atoms. The molecular weight excluding hydrogens is 157 g/mol. The van der Waals surface area contributed by atoms with Gasteiger partial charge >= 0.3 is 18.9 Å². The summed E-state index contributed by atoms with van der Waals surface area (Å²) in [6.07, 6.45) is 5.97. The molecule has 1 fully saturated rings. The molecule has 13 heavy (non-hydrogen) atoms. The quantitative estimate of drug-likeness (QED) is 0.550. The van der Waals surface area contributed by atoms with Crippen molar-refractivity contribution in [3.63, 3.8) is 0 Å². The van der Waals surface area contributed by atoms with Gasteiger partial charge < -0.3 is 6.74 Å². The van der Waals surface area contributed by atoms with E-state index in [-0.39, 0.29) is 26.2 Å². The molecule has 1 saturated carbocycles. The Hall–Kier alpha value is 0.0674. The molecule has 0 atom stereocenters. The van der Waals surface area contributed by atoms with Gasteiger partial charge in [0, 0.05) is 12.0 Å². The Bertz CT molecular complexity index is 158. The first kappa shape index (κ1) is 13.1. The predicted molar refractivity (Wildman–Crippen MR) is 51.0 cm³/mol. The van der Waals surface area contributed by atoms with Crippen LogP contribution in [-0.2, 0) is 4.79 Å². The standard InChI is InChI=1S/C10H19NO.Li.H/c1-8(2)11-10(12)9-6-4-3-5-7-9;;/h8-9H,3-7H2,1-2H3,(H,11,12);;/q;+1;-1. The third-order valence-electron chi connectivity index (χ3n) is 2.41. The summed E-state index contributed by atoms with van der Waals surface area (Å²) in [6.45, 7) is 4.03. The molecule has 1 aliphatic rings. The van der Waals surface area contributed by atoms with Crippen molar-refractivity contribution in [2.75, 3.05) is 0 Å². The maximum Gasteiger partial charge on any atom is 1.00 e. The maximum absolute atomic E-state index is 11.5. The number of carbonyl (C=O) groups excluding carboxylic acids is 1. The van der Waals surface area contributed by atoms with E-state index in [1.54, 1.807) is 0 Å². The smallest absolute Gasteiger partial charge is 1.00 e. The van der Waals surface area contributed by atoms with Crippen molar-refractivity contribution >= 4 is 5.91 Å². The summed E-state index contributed by atoms with van der Waals surface area (Å²) in [4.78, 5) is 11.5. The van der Waals surface area contributed by atoms with Gasteiger partial charge in [-0.05, 0) is 26.7 Å². The molecule has 0 unspecified atom stereocenters. The molecule has 0 aromatic heterocycles. The van der Waals surface area contributed by atoms with E-state index in [9.17, 15) is 4.79 Å². The van der Waals surface area contributed by atoms with E-state index < -0.39 is 0 Å². The normalized spacial score (nSPS) is 18.1. The van der Waals surface area contributed by atoms with Crippen LogP contribution in [0, 0.1) is 5.92 Å². The van der Waals surface area contributed by atoms with Crippen LogP contribution in [0.3, 0.4) is 0 Å². The predicted octanol–water partition coefficient (Wildman–Crippen LogP) is -0.792. The molecule has 0 aromatic rings. The Balaban J connectivity index is 0. The zero-order valence-electron chi connectivity index (χ0n) is 10.1. The Morgan fingerprint density at radius 3 is 2.31 bits per heavy atom. The minimum Gasteiger partial charge on any atom is -1.00 e. The van der Waals surface area contributed by atoms with Crippen molar-refractivity contribution in [2.45, 2.75) is 52.0 Å². The maximum atomic E-state index is 11.5. The van der Waals surface area contributed by atoms with Crippen LogP contribution >= 0.6 is 0 Å². The molecule has 0 aliphatic heterocycles. The first-order valence-electron chi connectivity index (χ1n) is 5.00. The Labute approximate surface area is 94.5 Å². The molecule has 2 nitrogen and oxygen atoms in total. The van der Waals surface area contributed by atoms with Crippen LogP contribution in [-0.4, -0.2) is 11.9 Å². The second-order valence-corrected chi connectivity index (χ2v) is 4.00. The molecule has 0 heterocycles. The van der Waals surface area contributed by atoms with Gasteiger partial charge in [0.1, 0.15) is 0 Å². The van der Waals surface area contributed by atoms with Gasteiger partial charge in [0.05, 0.1) is 0 Å². The average molecular weight is 177 g/mol. The van der Waals surface area contributed by atoms with E-state index in [4.69, 9.17) is 0 Å². The summed E-state index contributed by atoms with van der Waals surface area (Å²) >= 11 is 0. The summed E-state index contributed by atoms with van der Waals surface area (Å²) < 4.78 is 0. The van der Waals surface area contributed by atoms with Gasteiger partial charge in [0.2, 0.25) is 5.91 Å². The van der Waals surface area contributed by atoms with Gasteiger partial charge in [-0.1, -0.05) is 19.3 Å². The van der Waals surface area contributed by atoms with E-state index in [0.29, 0.717) is 12.0 Å². The second kappa shape index (κ2) is 6.51. The molecule has 0 bridgehead atoms.